The molecule has 0 saturated carbocycles. The number of anilines is 1. The molecule has 4 heteroatoms. The Labute approximate surface area is 105 Å². The van der Waals surface area contributed by atoms with Gasteiger partial charge in [-0.1, -0.05) is 0 Å². The molecule has 0 aliphatic rings. The zero-order valence-electron chi connectivity index (χ0n) is 10.3. The number of thiazole rings is 1. The third-order valence-corrected chi connectivity index (χ3v) is 3.71. The Morgan fingerprint density at radius 3 is 2.65 bits per heavy atom. The minimum Gasteiger partial charge on any atom is -0.492 e. The van der Waals surface area contributed by atoms with Crippen molar-refractivity contribution in [3.63, 3.8) is 0 Å². The monoisotopic (exact) mass is 248 g/mol. The van der Waals surface area contributed by atoms with Gasteiger partial charge in [-0.05, 0) is 39.0 Å². The second-order valence-electron chi connectivity index (χ2n) is 3.85. The number of nitrogens with zero attached hydrogens (tertiary/aromatic N) is 1. The summed E-state index contributed by atoms with van der Waals surface area (Å²) in [4.78, 5) is 5.76. The van der Waals surface area contributed by atoms with Crippen molar-refractivity contribution in [2.45, 2.75) is 20.8 Å². The van der Waals surface area contributed by atoms with Gasteiger partial charge in [-0.25, -0.2) is 4.98 Å². The Balaban J connectivity index is 2.37. The fraction of sp³-hybridized carbons (Fsp3) is 0.308. The van der Waals surface area contributed by atoms with Crippen LogP contribution in [-0.2, 0) is 0 Å². The van der Waals surface area contributed by atoms with Crippen molar-refractivity contribution in [1.29, 1.82) is 0 Å². The highest BCUT2D eigenvalue weighted by atomic mass is 32.1. The SMILES string of the molecule is CCOc1ccc(-c2nc(C)c(C)s2)cc1N. The molecule has 90 valence electrons. The average Bonchev–Trinajstić information content (AvgIpc) is 2.62. The van der Waals surface area contributed by atoms with Crippen LogP contribution in [0.1, 0.15) is 17.5 Å². The second kappa shape index (κ2) is 4.75. The number of nitrogen functional groups attached to an aromatic ring is 1. The molecule has 0 saturated heterocycles. The van der Waals surface area contributed by atoms with E-state index in [0.717, 1.165) is 22.0 Å². The summed E-state index contributed by atoms with van der Waals surface area (Å²) in [5.41, 5.74) is 8.73. The highest BCUT2D eigenvalue weighted by Gasteiger charge is 2.08. The van der Waals surface area contributed by atoms with E-state index in [2.05, 4.69) is 11.9 Å². The summed E-state index contributed by atoms with van der Waals surface area (Å²) >= 11 is 1.69. The fourth-order valence-corrected chi connectivity index (χ4v) is 2.48. The van der Waals surface area contributed by atoms with E-state index in [1.54, 1.807) is 11.3 Å². The van der Waals surface area contributed by atoms with E-state index >= 15 is 0 Å². The number of rotatable bonds is 3. The lowest BCUT2D eigenvalue weighted by atomic mass is 10.2. The van der Waals surface area contributed by atoms with Gasteiger partial charge < -0.3 is 10.5 Å². The Kier molecular flexibility index (Phi) is 3.33. The maximum absolute atomic E-state index is 5.94. The van der Waals surface area contributed by atoms with Crippen LogP contribution in [0.5, 0.6) is 5.75 Å². The molecule has 0 unspecified atom stereocenters. The Morgan fingerprint density at radius 2 is 2.12 bits per heavy atom. The summed E-state index contributed by atoms with van der Waals surface area (Å²) < 4.78 is 5.41. The number of benzene rings is 1. The molecule has 0 bridgehead atoms. The lowest BCUT2D eigenvalue weighted by Gasteiger charge is -2.07. The predicted octanol–water partition coefficient (Wildman–Crippen LogP) is 3.41. The Bertz CT molecular complexity index is 515. The molecular weight excluding hydrogens is 232 g/mol. The molecule has 0 spiro atoms. The molecule has 0 aliphatic carbocycles. The van der Waals surface area contributed by atoms with E-state index in [0.29, 0.717) is 12.3 Å². The van der Waals surface area contributed by atoms with Crippen molar-refractivity contribution in [1.82, 2.24) is 4.98 Å². The van der Waals surface area contributed by atoms with Crippen LogP contribution in [0.3, 0.4) is 0 Å². The van der Waals surface area contributed by atoms with Crippen molar-refractivity contribution in [3.8, 4) is 16.3 Å². The molecule has 0 aliphatic heterocycles. The zero-order valence-corrected chi connectivity index (χ0v) is 11.1. The molecule has 1 aromatic carbocycles. The summed E-state index contributed by atoms with van der Waals surface area (Å²) in [6.45, 7) is 6.67. The van der Waals surface area contributed by atoms with E-state index in [1.165, 1.54) is 4.88 Å². The molecule has 0 amide bonds. The van der Waals surface area contributed by atoms with Crippen molar-refractivity contribution >= 4 is 17.0 Å². The van der Waals surface area contributed by atoms with E-state index < -0.39 is 0 Å². The molecule has 17 heavy (non-hydrogen) atoms. The minimum absolute atomic E-state index is 0.624. The molecule has 3 nitrogen and oxygen atoms in total. The van der Waals surface area contributed by atoms with Crippen LogP contribution in [0.15, 0.2) is 18.2 Å². The lowest BCUT2D eigenvalue weighted by molar-refractivity contribution is 0.342. The second-order valence-corrected chi connectivity index (χ2v) is 5.05. The highest BCUT2D eigenvalue weighted by molar-refractivity contribution is 7.15. The average molecular weight is 248 g/mol. The van der Waals surface area contributed by atoms with Crippen LogP contribution in [0.2, 0.25) is 0 Å². The van der Waals surface area contributed by atoms with E-state index in [1.807, 2.05) is 32.0 Å². The first-order valence-electron chi connectivity index (χ1n) is 5.58. The van der Waals surface area contributed by atoms with Crippen LogP contribution >= 0.6 is 11.3 Å². The Hall–Kier alpha value is -1.55. The molecule has 2 rings (SSSR count). The molecule has 0 fully saturated rings. The summed E-state index contributed by atoms with van der Waals surface area (Å²) in [6.07, 6.45) is 0. The van der Waals surface area contributed by atoms with E-state index in [9.17, 15) is 0 Å². The van der Waals surface area contributed by atoms with Gasteiger partial charge in [0.05, 0.1) is 18.0 Å². The van der Waals surface area contributed by atoms with Crippen LogP contribution in [0.4, 0.5) is 5.69 Å². The van der Waals surface area contributed by atoms with Crippen molar-refractivity contribution in [2.24, 2.45) is 0 Å². The summed E-state index contributed by atoms with van der Waals surface area (Å²) in [7, 11) is 0. The van der Waals surface area contributed by atoms with Gasteiger partial charge in [0.15, 0.2) is 0 Å². The van der Waals surface area contributed by atoms with Gasteiger partial charge in [-0.2, -0.15) is 0 Å². The first-order valence-corrected chi connectivity index (χ1v) is 6.40. The summed E-state index contributed by atoms with van der Waals surface area (Å²) in [5, 5.41) is 1.01. The topological polar surface area (TPSA) is 48.1 Å². The number of nitrogens with two attached hydrogens (primary N) is 1. The zero-order chi connectivity index (χ0) is 12.4. The van der Waals surface area contributed by atoms with Crippen molar-refractivity contribution in [3.05, 3.63) is 28.8 Å². The van der Waals surface area contributed by atoms with E-state index in [4.69, 9.17) is 10.5 Å². The number of ether oxygens (including phenoxy) is 1. The summed E-state index contributed by atoms with van der Waals surface area (Å²) in [6, 6.07) is 5.82. The molecule has 1 aromatic heterocycles. The first-order chi connectivity index (χ1) is 8.11. The van der Waals surface area contributed by atoms with Crippen LogP contribution in [0.25, 0.3) is 10.6 Å². The van der Waals surface area contributed by atoms with Gasteiger partial charge in [-0.15, -0.1) is 11.3 Å². The van der Waals surface area contributed by atoms with Crippen LogP contribution in [0, 0.1) is 13.8 Å². The third-order valence-electron chi connectivity index (χ3n) is 2.59. The molecule has 2 N–H and O–H groups in total. The molecule has 1 heterocycles. The lowest BCUT2D eigenvalue weighted by Crippen LogP contribution is -1.96. The predicted molar refractivity (Wildman–Crippen MR) is 72.6 cm³/mol. The van der Waals surface area contributed by atoms with Gasteiger partial charge in [0.2, 0.25) is 0 Å². The summed E-state index contributed by atoms with van der Waals surface area (Å²) in [5.74, 6) is 0.737. The molecule has 0 radical (unpaired) electrons. The number of aryl methyl sites for hydroxylation is 2. The van der Waals surface area contributed by atoms with Gasteiger partial charge in [0.25, 0.3) is 0 Å². The molecule has 0 atom stereocenters. The number of hydrogen-bond donors (Lipinski definition) is 1. The first kappa shape index (κ1) is 11.9. The van der Waals surface area contributed by atoms with Crippen molar-refractivity contribution in [2.75, 3.05) is 12.3 Å². The van der Waals surface area contributed by atoms with Gasteiger partial charge in [0.1, 0.15) is 10.8 Å². The largest absolute Gasteiger partial charge is 0.492 e. The minimum atomic E-state index is 0.624. The normalized spacial score (nSPS) is 10.5. The number of aromatic nitrogens is 1. The van der Waals surface area contributed by atoms with Gasteiger partial charge >= 0.3 is 0 Å². The Morgan fingerprint density at radius 1 is 1.35 bits per heavy atom. The molecule has 2 aromatic rings. The fourth-order valence-electron chi connectivity index (χ4n) is 1.56. The number of hydrogen-bond acceptors (Lipinski definition) is 4. The highest BCUT2D eigenvalue weighted by Crippen LogP contribution is 2.32. The standard InChI is InChI=1S/C13H16N2OS/c1-4-16-12-6-5-10(7-11(12)14)13-15-8(2)9(3)17-13/h5-7H,4,14H2,1-3H3. The van der Waals surface area contributed by atoms with Crippen molar-refractivity contribution < 1.29 is 4.74 Å². The van der Waals surface area contributed by atoms with Crippen LogP contribution < -0.4 is 10.5 Å². The van der Waals surface area contributed by atoms with Gasteiger partial charge in [-0.3, -0.25) is 0 Å². The van der Waals surface area contributed by atoms with E-state index in [-0.39, 0.29) is 0 Å². The van der Waals surface area contributed by atoms with Crippen LogP contribution in [-0.4, -0.2) is 11.6 Å². The molecular formula is C13H16N2OS. The smallest absolute Gasteiger partial charge is 0.142 e. The third kappa shape index (κ3) is 2.42. The van der Waals surface area contributed by atoms with Gasteiger partial charge in [0, 0.05) is 10.4 Å². The quantitative estimate of drug-likeness (QED) is 0.847. The maximum Gasteiger partial charge on any atom is 0.142 e. The maximum atomic E-state index is 5.94.